The molecular weight excluding hydrogens is 474 g/mol. The first kappa shape index (κ1) is 23.2. The Balaban J connectivity index is 1.31. The molecule has 2 aliphatic heterocycles. The van der Waals surface area contributed by atoms with Crippen LogP contribution in [0.25, 0.3) is 11.1 Å². The van der Waals surface area contributed by atoms with E-state index in [1.807, 2.05) is 48.4 Å². The van der Waals surface area contributed by atoms with Gasteiger partial charge < -0.3 is 19.8 Å². The average Bonchev–Trinajstić information content (AvgIpc) is 3.53. The fraction of sp³-hybridized carbons (Fsp3) is 0.286. The summed E-state index contributed by atoms with van der Waals surface area (Å²) in [5.41, 5.74) is 4.02. The maximum absolute atomic E-state index is 13.3. The number of nitrogens with zero attached hydrogens (tertiary/aromatic N) is 2. The summed E-state index contributed by atoms with van der Waals surface area (Å²) in [5, 5.41) is 19.9. The van der Waals surface area contributed by atoms with Crippen molar-refractivity contribution in [2.75, 3.05) is 6.61 Å². The van der Waals surface area contributed by atoms with E-state index >= 15 is 0 Å². The summed E-state index contributed by atoms with van der Waals surface area (Å²) in [6.07, 6.45) is 4.73. The maximum atomic E-state index is 13.3. The third kappa shape index (κ3) is 3.41. The minimum absolute atomic E-state index is 0.0438. The van der Waals surface area contributed by atoms with Gasteiger partial charge in [-0.05, 0) is 30.2 Å². The molecule has 188 valence electrons. The third-order valence-corrected chi connectivity index (χ3v) is 7.74. The van der Waals surface area contributed by atoms with Crippen LogP contribution in [0.5, 0.6) is 5.75 Å². The molecule has 1 aromatic heterocycles. The first-order valence-electron chi connectivity index (χ1n) is 12.2. The van der Waals surface area contributed by atoms with Gasteiger partial charge in [-0.1, -0.05) is 31.2 Å². The molecule has 2 aromatic carbocycles. The minimum Gasteiger partial charge on any atom is -0.488 e. The molecular formula is C28H26N3O6+. The number of aromatic amines is 1. The number of benzene rings is 2. The van der Waals surface area contributed by atoms with Gasteiger partial charge in [0, 0.05) is 28.2 Å². The Kier molecular flexibility index (Phi) is 5.27. The fourth-order valence-corrected chi connectivity index (χ4v) is 5.98. The highest BCUT2D eigenvalue weighted by Gasteiger charge is 2.59. The number of hydrogen-bond acceptors (Lipinski definition) is 5. The normalized spacial score (nSPS) is 22.5. The van der Waals surface area contributed by atoms with Crippen molar-refractivity contribution < 1.29 is 33.9 Å². The van der Waals surface area contributed by atoms with Gasteiger partial charge in [-0.25, -0.2) is 9.36 Å². The zero-order chi connectivity index (χ0) is 26.0. The van der Waals surface area contributed by atoms with Crippen LogP contribution in [0, 0.1) is 11.8 Å². The van der Waals surface area contributed by atoms with Crippen LogP contribution in [0.2, 0.25) is 0 Å². The van der Waals surface area contributed by atoms with Crippen molar-refractivity contribution in [2.45, 2.75) is 32.5 Å². The second-order valence-electron chi connectivity index (χ2n) is 9.89. The smallest absolute Gasteiger partial charge is 0.352 e. The Labute approximate surface area is 212 Å². The van der Waals surface area contributed by atoms with Gasteiger partial charge in [-0.3, -0.25) is 14.6 Å². The van der Waals surface area contributed by atoms with Crippen LogP contribution in [0.4, 0.5) is 0 Å². The molecule has 9 nitrogen and oxygen atoms in total. The van der Waals surface area contributed by atoms with E-state index in [1.165, 1.54) is 4.90 Å². The number of aromatic nitrogens is 2. The summed E-state index contributed by atoms with van der Waals surface area (Å²) in [7, 11) is 0. The SMILES string of the molecule is CC(O)C1C(=O)N2C(C(=O)O)=C(COc3cccc4c3-c3ccc(C[n+]5cc[nH]c5)cc3C4=O)[C@H](C)C12. The summed E-state index contributed by atoms with van der Waals surface area (Å²) in [5.74, 6) is -2.10. The monoisotopic (exact) mass is 500 g/mol. The van der Waals surface area contributed by atoms with Crippen LogP contribution < -0.4 is 9.30 Å². The fourth-order valence-electron chi connectivity index (χ4n) is 5.98. The maximum Gasteiger partial charge on any atom is 0.352 e. The number of aliphatic hydroxyl groups is 1. The number of aliphatic carboxylic acids is 1. The predicted molar refractivity (Wildman–Crippen MR) is 131 cm³/mol. The summed E-state index contributed by atoms with van der Waals surface area (Å²) in [4.78, 5) is 42.3. The molecule has 9 heteroatoms. The van der Waals surface area contributed by atoms with Gasteiger partial charge in [0.05, 0.1) is 18.1 Å². The van der Waals surface area contributed by atoms with Crippen molar-refractivity contribution in [3.05, 3.63) is 83.1 Å². The molecule has 1 amide bonds. The molecule has 3 heterocycles. The molecule has 1 fully saturated rings. The van der Waals surface area contributed by atoms with Crippen LogP contribution >= 0.6 is 0 Å². The molecule has 1 saturated heterocycles. The minimum atomic E-state index is -1.20. The highest BCUT2D eigenvalue weighted by Crippen LogP contribution is 2.48. The van der Waals surface area contributed by atoms with Gasteiger partial charge >= 0.3 is 5.97 Å². The Bertz CT molecular complexity index is 1490. The van der Waals surface area contributed by atoms with Gasteiger partial charge in [-0.2, -0.15) is 0 Å². The number of carboxylic acid groups (broad SMARTS) is 1. The van der Waals surface area contributed by atoms with Gasteiger partial charge in [0.1, 0.15) is 37.0 Å². The van der Waals surface area contributed by atoms with Crippen LogP contribution in [0.3, 0.4) is 0 Å². The van der Waals surface area contributed by atoms with Gasteiger partial charge in [0.2, 0.25) is 12.2 Å². The van der Waals surface area contributed by atoms with E-state index in [-0.39, 0.29) is 29.9 Å². The summed E-state index contributed by atoms with van der Waals surface area (Å²) in [6, 6.07) is 10.7. The lowest BCUT2D eigenvalue weighted by atomic mass is 9.78. The summed E-state index contributed by atoms with van der Waals surface area (Å²) >= 11 is 0. The number of carboxylic acids is 1. The number of amides is 1. The first-order chi connectivity index (χ1) is 17.8. The second-order valence-corrected chi connectivity index (χ2v) is 9.89. The third-order valence-electron chi connectivity index (χ3n) is 7.74. The summed E-state index contributed by atoms with van der Waals surface area (Å²) < 4.78 is 8.16. The number of carbonyl (C=O) groups excluding carboxylic acids is 2. The quantitative estimate of drug-likeness (QED) is 0.264. The van der Waals surface area contributed by atoms with Crippen LogP contribution in [-0.4, -0.2) is 56.5 Å². The molecule has 37 heavy (non-hydrogen) atoms. The number of aliphatic hydroxyl groups excluding tert-OH is 1. The zero-order valence-corrected chi connectivity index (χ0v) is 20.3. The van der Waals surface area contributed by atoms with Crippen molar-refractivity contribution in [2.24, 2.45) is 11.8 Å². The van der Waals surface area contributed by atoms with E-state index in [0.29, 0.717) is 34.6 Å². The summed E-state index contributed by atoms with van der Waals surface area (Å²) in [6.45, 7) is 3.98. The standard InChI is InChI=1S/C28H25N3O6/c1-14-20(25(28(35)36)31-24(14)22(15(2)32)27(31)34)12-37-21-5-3-4-18-23(21)17-7-6-16(10-19(17)26(18)33)11-30-9-8-29-13-30/h3-10,13-15,22,24,32H,11-12H2,1-2H3,(H,35,36)/p+1/t14-,15?,22?,24?/m0/s1. The lowest BCUT2D eigenvalue weighted by Gasteiger charge is -2.46. The molecule has 3 aliphatic rings. The number of hydrogen-bond donors (Lipinski definition) is 3. The Morgan fingerprint density at radius 2 is 2.00 bits per heavy atom. The largest absolute Gasteiger partial charge is 0.488 e. The Hall–Kier alpha value is -4.24. The average molecular weight is 501 g/mol. The molecule has 6 rings (SSSR count). The topological polar surface area (TPSA) is 124 Å². The molecule has 0 saturated carbocycles. The highest BCUT2D eigenvalue weighted by molar-refractivity contribution is 6.22. The molecule has 0 bridgehead atoms. The van der Waals surface area contributed by atoms with E-state index < -0.39 is 24.0 Å². The predicted octanol–water partition coefficient (Wildman–Crippen LogP) is 2.14. The van der Waals surface area contributed by atoms with E-state index in [0.717, 1.165) is 11.1 Å². The number of ketones is 1. The van der Waals surface area contributed by atoms with Gasteiger partial charge in [-0.15, -0.1) is 0 Å². The van der Waals surface area contributed by atoms with Crippen molar-refractivity contribution in [3.63, 3.8) is 0 Å². The van der Waals surface area contributed by atoms with Crippen molar-refractivity contribution in [1.29, 1.82) is 0 Å². The number of imidazole rings is 1. The number of H-pyrrole nitrogens is 1. The number of ether oxygens (including phenoxy) is 1. The number of rotatable bonds is 7. The lowest BCUT2D eigenvalue weighted by molar-refractivity contribution is -0.687. The number of β-lactam (4-membered cyclic amide) rings is 1. The molecule has 1 aliphatic carbocycles. The number of nitrogens with one attached hydrogen (secondary N) is 1. The number of carbonyl (C=O) groups is 3. The Morgan fingerprint density at radius 1 is 1.19 bits per heavy atom. The zero-order valence-electron chi connectivity index (χ0n) is 20.3. The van der Waals surface area contributed by atoms with Crippen molar-refractivity contribution in [1.82, 2.24) is 9.88 Å². The molecule has 0 spiro atoms. The van der Waals surface area contributed by atoms with E-state index in [9.17, 15) is 24.6 Å². The Morgan fingerprint density at radius 3 is 2.70 bits per heavy atom. The van der Waals surface area contributed by atoms with Crippen LogP contribution in [-0.2, 0) is 16.1 Å². The van der Waals surface area contributed by atoms with E-state index in [1.54, 1.807) is 25.1 Å². The molecule has 3 aromatic rings. The van der Waals surface area contributed by atoms with Gasteiger partial charge in [0.15, 0.2) is 5.78 Å². The van der Waals surface area contributed by atoms with E-state index in [2.05, 4.69) is 4.98 Å². The number of fused-ring (bicyclic) bond motifs is 4. The second kappa shape index (κ2) is 8.41. The lowest BCUT2D eigenvalue weighted by Crippen LogP contribution is -2.63. The van der Waals surface area contributed by atoms with Crippen molar-refractivity contribution in [3.8, 4) is 16.9 Å². The highest BCUT2D eigenvalue weighted by atomic mass is 16.5. The molecule has 0 radical (unpaired) electrons. The first-order valence-corrected chi connectivity index (χ1v) is 12.2. The van der Waals surface area contributed by atoms with Crippen LogP contribution in [0.1, 0.15) is 35.3 Å². The molecule has 4 atom stereocenters. The molecule has 3 N–H and O–H groups in total. The van der Waals surface area contributed by atoms with Crippen LogP contribution in [0.15, 0.2) is 66.4 Å². The molecule has 3 unspecified atom stereocenters. The van der Waals surface area contributed by atoms with Gasteiger partial charge in [0.25, 0.3) is 0 Å². The van der Waals surface area contributed by atoms with Crippen molar-refractivity contribution >= 4 is 17.7 Å². The van der Waals surface area contributed by atoms with E-state index in [4.69, 9.17) is 4.74 Å².